The third-order valence-electron chi connectivity index (χ3n) is 0.684. The summed E-state index contributed by atoms with van der Waals surface area (Å²) in [5.41, 5.74) is 0. The van der Waals surface area contributed by atoms with E-state index >= 15 is 0 Å². The number of rotatable bonds is 4. The van der Waals surface area contributed by atoms with E-state index in [9.17, 15) is 4.79 Å². The minimum Gasteiger partial charge on any atom is -0.481 e. The monoisotopic (exact) mass is 162 g/mol. The first-order chi connectivity index (χ1) is 5.15. The fourth-order valence-electron chi connectivity index (χ4n) is 0.276. The van der Waals surface area contributed by atoms with Crippen molar-refractivity contribution < 1.29 is 19.4 Å². The van der Waals surface area contributed by atoms with Crippen LogP contribution in [0.15, 0.2) is 0 Å². The molecule has 1 N–H and O–H groups in total. The highest BCUT2D eigenvalue weighted by Gasteiger charge is 1.78. The lowest BCUT2D eigenvalue weighted by atomic mass is 10.4. The van der Waals surface area contributed by atoms with Crippen molar-refractivity contribution in [2.45, 2.75) is 26.7 Å². The summed E-state index contributed by atoms with van der Waals surface area (Å²) in [4.78, 5) is 18.5. The van der Waals surface area contributed by atoms with Crippen LogP contribution in [0.4, 0.5) is 0 Å². The maximum absolute atomic E-state index is 9.46. The molecule has 0 spiro atoms. The Kier molecular flexibility index (Phi) is 13.4. The van der Waals surface area contributed by atoms with Crippen molar-refractivity contribution in [1.29, 1.82) is 0 Å². The van der Waals surface area contributed by atoms with Crippen LogP contribution in [0.2, 0.25) is 0 Å². The molecule has 11 heavy (non-hydrogen) atoms. The van der Waals surface area contributed by atoms with Crippen molar-refractivity contribution in [3.63, 3.8) is 0 Å². The molecule has 0 fully saturated rings. The van der Waals surface area contributed by atoms with E-state index in [4.69, 9.17) is 9.90 Å². The van der Waals surface area contributed by atoms with E-state index in [2.05, 4.69) is 4.74 Å². The Balaban J connectivity index is 0. The number of aliphatic carboxylic acids is 1. The number of ether oxygens (including phenoxy) is 1. The smallest absolute Gasteiger partial charge is 0.300 e. The Morgan fingerprint density at radius 1 is 1.64 bits per heavy atom. The third-order valence-corrected chi connectivity index (χ3v) is 0.684. The fraction of sp³-hybridized carbons (Fsp3) is 0.714. The zero-order chi connectivity index (χ0) is 9.11. The molecule has 0 aliphatic rings. The van der Waals surface area contributed by atoms with Crippen molar-refractivity contribution >= 4 is 12.4 Å². The molecular formula is C7H14O4. The van der Waals surface area contributed by atoms with Gasteiger partial charge in [0.05, 0.1) is 6.61 Å². The lowest BCUT2D eigenvalue weighted by Gasteiger charge is -1.90. The molecule has 4 heteroatoms. The van der Waals surface area contributed by atoms with Gasteiger partial charge in [0.1, 0.15) is 0 Å². The molecule has 0 heterocycles. The van der Waals surface area contributed by atoms with E-state index in [1.54, 1.807) is 0 Å². The van der Waals surface area contributed by atoms with Crippen molar-refractivity contribution in [2.75, 3.05) is 6.61 Å². The van der Waals surface area contributed by atoms with E-state index in [-0.39, 0.29) is 0 Å². The molecule has 0 aromatic heterocycles. The first-order valence-corrected chi connectivity index (χ1v) is 3.39. The maximum atomic E-state index is 9.46. The molecule has 0 aliphatic carbocycles. The molecule has 0 atom stereocenters. The molecule has 0 aromatic rings. The normalized spacial score (nSPS) is 7.45. The molecule has 4 nitrogen and oxygen atoms in total. The second-order valence-electron chi connectivity index (χ2n) is 1.84. The lowest BCUT2D eigenvalue weighted by molar-refractivity contribution is -0.134. The summed E-state index contributed by atoms with van der Waals surface area (Å²) in [6, 6.07) is 0. The average Bonchev–Trinajstić information content (AvgIpc) is 1.88. The zero-order valence-electron chi connectivity index (χ0n) is 6.87. The highest BCUT2D eigenvalue weighted by molar-refractivity contribution is 5.62. The summed E-state index contributed by atoms with van der Waals surface area (Å²) in [6.07, 6.45) is 2.05. The largest absolute Gasteiger partial charge is 0.481 e. The molecule has 0 saturated heterocycles. The minimum atomic E-state index is -0.833. The van der Waals surface area contributed by atoms with Gasteiger partial charge in [-0.05, 0) is 6.42 Å². The van der Waals surface area contributed by atoms with Crippen LogP contribution in [-0.4, -0.2) is 24.2 Å². The van der Waals surface area contributed by atoms with Gasteiger partial charge in [-0.25, -0.2) is 0 Å². The van der Waals surface area contributed by atoms with Crippen molar-refractivity contribution in [3.8, 4) is 0 Å². The summed E-state index contributed by atoms with van der Waals surface area (Å²) in [6.45, 7) is 4.18. The number of carboxylic acids is 1. The van der Waals surface area contributed by atoms with Crippen LogP contribution in [0, 0.1) is 0 Å². The second-order valence-corrected chi connectivity index (χ2v) is 1.84. The lowest BCUT2D eigenvalue weighted by Crippen LogP contribution is -1.88. The highest BCUT2D eigenvalue weighted by Crippen LogP contribution is 1.83. The van der Waals surface area contributed by atoms with Crippen LogP contribution in [0.5, 0.6) is 0 Å². The van der Waals surface area contributed by atoms with Gasteiger partial charge in [0, 0.05) is 6.92 Å². The number of carbonyl (C=O) groups excluding carboxylic acids is 1. The molecule has 0 rings (SSSR count). The van der Waals surface area contributed by atoms with Crippen LogP contribution in [-0.2, 0) is 14.3 Å². The summed E-state index contributed by atoms with van der Waals surface area (Å²) >= 11 is 0. The highest BCUT2D eigenvalue weighted by atomic mass is 16.5. The van der Waals surface area contributed by atoms with Gasteiger partial charge in [-0.1, -0.05) is 13.3 Å². The van der Waals surface area contributed by atoms with Gasteiger partial charge in [0.25, 0.3) is 12.4 Å². The quantitative estimate of drug-likeness (QED) is 0.495. The topological polar surface area (TPSA) is 63.6 Å². The predicted molar refractivity (Wildman–Crippen MR) is 40.2 cm³/mol. The van der Waals surface area contributed by atoms with Gasteiger partial charge in [-0.15, -0.1) is 0 Å². The summed E-state index contributed by atoms with van der Waals surface area (Å²) in [7, 11) is 0. The maximum Gasteiger partial charge on any atom is 0.300 e. The Hall–Kier alpha value is -1.06. The van der Waals surface area contributed by atoms with E-state index < -0.39 is 5.97 Å². The molecule has 0 bridgehead atoms. The number of unbranched alkanes of at least 4 members (excludes halogenated alkanes) is 1. The van der Waals surface area contributed by atoms with E-state index in [0.29, 0.717) is 13.1 Å². The van der Waals surface area contributed by atoms with Crippen molar-refractivity contribution in [3.05, 3.63) is 0 Å². The fourth-order valence-corrected chi connectivity index (χ4v) is 0.276. The first kappa shape index (κ1) is 12.6. The van der Waals surface area contributed by atoms with Gasteiger partial charge in [-0.3, -0.25) is 9.59 Å². The van der Waals surface area contributed by atoms with E-state index in [0.717, 1.165) is 19.8 Å². The molecule has 0 unspecified atom stereocenters. The summed E-state index contributed by atoms with van der Waals surface area (Å²) in [5, 5.41) is 7.42. The SMILES string of the molecule is CC(=O)O.CCCCOC=O. The molecule has 0 radical (unpaired) electrons. The number of hydrogen-bond donors (Lipinski definition) is 1. The number of carbonyl (C=O) groups is 2. The van der Waals surface area contributed by atoms with Crippen LogP contribution in [0.25, 0.3) is 0 Å². The van der Waals surface area contributed by atoms with Crippen LogP contribution in [0.1, 0.15) is 26.7 Å². The second kappa shape index (κ2) is 11.7. The Morgan fingerprint density at radius 3 is 2.36 bits per heavy atom. The van der Waals surface area contributed by atoms with Crippen LogP contribution >= 0.6 is 0 Å². The van der Waals surface area contributed by atoms with E-state index in [1.807, 2.05) is 6.92 Å². The van der Waals surface area contributed by atoms with Gasteiger partial charge < -0.3 is 9.84 Å². The molecular weight excluding hydrogens is 148 g/mol. The first-order valence-electron chi connectivity index (χ1n) is 3.39. The van der Waals surface area contributed by atoms with Gasteiger partial charge >= 0.3 is 0 Å². The summed E-state index contributed by atoms with van der Waals surface area (Å²) < 4.78 is 4.39. The molecule has 0 aliphatic heterocycles. The zero-order valence-corrected chi connectivity index (χ0v) is 6.87. The Morgan fingerprint density at radius 2 is 2.09 bits per heavy atom. The van der Waals surface area contributed by atoms with Crippen LogP contribution in [0.3, 0.4) is 0 Å². The van der Waals surface area contributed by atoms with Gasteiger partial charge in [0.2, 0.25) is 0 Å². The molecule has 0 amide bonds. The van der Waals surface area contributed by atoms with Crippen molar-refractivity contribution in [2.24, 2.45) is 0 Å². The third kappa shape index (κ3) is 49.8. The standard InChI is InChI=1S/C5H10O2.C2H4O2/c1-2-3-4-7-5-6;1-2(3)4/h5H,2-4H2,1H3;1H3,(H,3,4). The molecule has 66 valence electrons. The van der Waals surface area contributed by atoms with Crippen LogP contribution < -0.4 is 0 Å². The Labute approximate surface area is 66.2 Å². The average molecular weight is 162 g/mol. The molecule has 0 aromatic carbocycles. The minimum absolute atomic E-state index is 0.482. The van der Waals surface area contributed by atoms with Gasteiger partial charge in [-0.2, -0.15) is 0 Å². The predicted octanol–water partition coefficient (Wildman–Crippen LogP) is 1.05. The van der Waals surface area contributed by atoms with E-state index in [1.165, 1.54) is 0 Å². The van der Waals surface area contributed by atoms with Gasteiger partial charge in [0.15, 0.2) is 0 Å². The number of carboxylic acid groups (broad SMARTS) is 1. The Bertz CT molecular complexity index is 96.6. The number of hydrogen-bond acceptors (Lipinski definition) is 3. The van der Waals surface area contributed by atoms with Crippen molar-refractivity contribution in [1.82, 2.24) is 0 Å². The summed E-state index contributed by atoms with van der Waals surface area (Å²) in [5.74, 6) is -0.833. The molecule has 0 saturated carbocycles.